The quantitative estimate of drug-likeness (QED) is 0.877. The zero-order chi connectivity index (χ0) is 13.2. The molecule has 0 heterocycles. The van der Waals surface area contributed by atoms with E-state index >= 15 is 0 Å². The van der Waals surface area contributed by atoms with E-state index < -0.39 is 0 Å². The van der Waals surface area contributed by atoms with Gasteiger partial charge < -0.3 is 10.5 Å². The van der Waals surface area contributed by atoms with Crippen LogP contribution in [0, 0.1) is 5.41 Å². The molecule has 0 aliphatic heterocycles. The molecule has 0 amide bonds. The van der Waals surface area contributed by atoms with Gasteiger partial charge in [0.25, 0.3) is 0 Å². The molecule has 2 heteroatoms. The lowest BCUT2D eigenvalue weighted by Gasteiger charge is -2.39. The van der Waals surface area contributed by atoms with Gasteiger partial charge >= 0.3 is 0 Å². The SMILES string of the molecule is CCCOc1ccccc1C1(N)CCCC1(C)C. The number of nitrogens with two attached hydrogens (primary N) is 1. The molecule has 2 N–H and O–H groups in total. The van der Waals surface area contributed by atoms with Crippen molar-refractivity contribution in [2.75, 3.05) is 6.61 Å². The molecule has 1 aromatic carbocycles. The summed E-state index contributed by atoms with van der Waals surface area (Å²) in [6.07, 6.45) is 4.46. The minimum atomic E-state index is -0.253. The van der Waals surface area contributed by atoms with Gasteiger partial charge in [0.1, 0.15) is 5.75 Å². The zero-order valence-corrected chi connectivity index (χ0v) is 11.8. The lowest BCUT2D eigenvalue weighted by Crippen LogP contribution is -2.46. The van der Waals surface area contributed by atoms with Crippen LogP contribution in [0.3, 0.4) is 0 Å². The van der Waals surface area contributed by atoms with Crippen molar-refractivity contribution >= 4 is 0 Å². The minimum Gasteiger partial charge on any atom is -0.493 e. The van der Waals surface area contributed by atoms with Crippen LogP contribution in [0.4, 0.5) is 0 Å². The molecular weight excluding hydrogens is 222 g/mol. The van der Waals surface area contributed by atoms with Crippen molar-refractivity contribution in [1.82, 2.24) is 0 Å². The summed E-state index contributed by atoms with van der Waals surface area (Å²) < 4.78 is 5.88. The highest BCUT2D eigenvalue weighted by atomic mass is 16.5. The second-order valence-electron chi connectivity index (χ2n) is 6.05. The van der Waals surface area contributed by atoms with Gasteiger partial charge in [-0.3, -0.25) is 0 Å². The van der Waals surface area contributed by atoms with E-state index in [9.17, 15) is 0 Å². The fourth-order valence-electron chi connectivity index (χ4n) is 3.04. The van der Waals surface area contributed by atoms with Crippen LogP contribution in [0.25, 0.3) is 0 Å². The largest absolute Gasteiger partial charge is 0.493 e. The van der Waals surface area contributed by atoms with Gasteiger partial charge in [0.2, 0.25) is 0 Å². The Hall–Kier alpha value is -1.02. The maximum Gasteiger partial charge on any atom is 0.124 e. The Bertz CT molecular complexity index is 413. The molecule has 0 spiro atoms. The van der Waals surface area contributed by atoms with Crippen molar-refractivity contribution in [3.63, 3.8) is 0 Å². The van der Waals surface area contributed by atoms with Crippen LogP contribution in [0.15, 0.2) is 24.3 Å². The summed E-state index contributed by atoms with van der Waals surface area (Å²) in [5.41, 5.74) is 7.82. The van der Waals surface area contributed by atoms with Crippen LogP contribution in [0.5, 0.6) is 5.75 Å². The fourth-order valence-corrected chi connectivity index (χ4v) is 3.04. The van der Waals surface area contributed by atoms with Crippen molar-refractivity contribution in [1.29, 1.82) is 0 Å². The third-order valence-corrected chi connectivity index (χ3v) is 4.41. The molecule has 1 fully saturated rings. The first-order valence-corrected chi connectivity index (χ1v) is 7.02. The summed E-state index contributed by atoms with van der Waals surface area (Å²) >= 11 is 0. The maximum atomic E-state index is 6.75. The Balaban J connectivity index is 2.38. The second kappa shape index (κ2) is 4.93. The molecule has 18 heavy (non-hydrogen) atoms. The smallest absolute Gasteiger partial charge is 0.124 e. The molecule has 0 saturated heterocycles. The average Bonchev–Trinajstić information content (AvgIpc) is 2.62. The molecule has 100 valence electrons. The van der Waals surface area contributed by atoms with E-state index in [1.54, 1.807) is 0 Å². The van der Waals surface area contributed by atoms with Gasteiger partial charge in [-0.2, -0.15) is 0 Å². The number of benzene rings is 1. The molecule has 0 bridgehead atoms. The maximum absolute atomic E-state index is 6.75. The van der Waals surface area contributed by atoms with E-state index in [0.29, 0.717) is 0 Å². The molecule has 0 aromatic heterocycles. The number of ether oxygens (including phenoxy) is 1. The molecule has 2 rings (SSSR count). The highest BCUT2D eigenvalue weighted by Crippen LogP contribution is 2.52. The third kappa shape index (κ3) is 2.14. The van der Waals surface area contributed by atoms with E-state index in [-0.39, 0.29) is 11.0 Å². The number of rotatable bonds is 4. The monoisotopic (exact) mass is 247 g/mol. The van der Waals surface area contributed by atoms with Crippen LogP contribution < -0.4 is 10.5 Å². The van der Waals surface area contributed by atoms with Gasteiger partial charge in [0.05, 0.1) is 6.61 Å². The first kappa shape index (κ1) is 13.4. The van der Waals surface area contributed by atoms with Gasteiger partial charge in [-0.25, -0.2) is 0 Å². The van der Waals surface area contributed by atoms with Crippen LogP contribution >= 0.6 is 0 Å². The molecule has 0 radical (unpaired) electrons. The normalized spacial score (nSPS) is 26.2. The molecule has 1 aliphatic carbocycles. The standard InChI is InChI=1S/C16H25NO/c1-4-12-18-14-9-6-5-8-13(14)16(17)11-7-10-15(16,2)3/h5-6,8-9H,4,7,10-12,17H2,1-3H3. The van der Waals surface area contributed by atoms with Crippen molar-refractivity contribution in [2.45, 2.75) is 52.0 Å². The van der Waals surface area contributed by atoms with Crippen LogP contribution in [-0.4, -0.2) is 6.61 Å². The first-order valence-electron chi connectivity index (χ1n) is 7.02. The molecule has 1 aromatic rings. The fraction of sp³-hybridized carbons (Fsp3) is 0.625. The number of hydrogen-bond acceptors (Lipinski definition) is 2. The molecular formula is C16H25NO. The predicted molar refractivity (Wildman–Crippen MR) is 75.7 cm³/mol. The lowest BCUT2D eigenvalue weighted by atomic mass is 9.71. The van der Waals surface area contributed by atoms with Gasteiger partial charge in [-0.05, 0) is 30.7 Å². The van der Waals surface area contributed by atoms with E-state index in [1.807, 2.05) is 12.1 Å². The highest BCUT2D eigenvalue weighted by Gasteiger charge is 2.48. The van der Waals surface area contributed by atoms with E-state index in [4.69, 9.17) is 10.5 Å². The molecule has 1 saturated carbocycles. The Morgan fingerprint density at radius 3 is 2.56 bits per heavy atom. The zero-order valence-electron chi connectivity index (χ0n) is 11.8. The topological polar surface area (TPSA) is 35.2 Å². The summed E-state index contributed by atoms with van der Waals surface area (Å²) in [5, 5.41) is 0. The summed E-state index contributed by atoms with van der Waals surface area (Å²) in [6.45, 7) is 7.43. The van der Waals surface area contributed by atoms with Crippen molar-refractivity contribution in [2.24, 2.45) is 11.1 Å². The second-order valence-corrected chi connectivity index (χ2v) is 6.05. The van der Waals surface area contributed by atoms with Gasteiger partial charge in [0.15, 0.2) is 0 Å². The average molecular weight is 247 g/mol. The summed E-state index contributed by atoms with van der Waals surface area (Å²) in [7, 11) is 0. The highest BCUT2D eigenvalue weighted by molar-refractivity contribution is 5.41. The van der Waals surface area contributed by atoms with E-state index in [1.165, 1.54) is 18.4 Å². The molecule has 2 nitrogen and oxygen atoms in total. The minimum absolute atomic E-state index is 0.138. The molecule has 1 aliphatic rings. The van der Waals surface area contributed by atoms with E-state index in [0.717, 1.165) is 25.2 Å². The Morgan fingerprint density at radius 2 is 1.94 bits per heavy atom. The number of hydrogen-bond donors (Lipinski definition) is 1. The number of para-hydroxylation sites is 1. The van der Waals surface area contributed by atoms with Crippen molar-refractivity contribution < 1.29 is 4.74 Å². The Kier molecular flexibility index (Phi) is 3.67. The van der Waals surface area contributed by atoms with Crippen molar-refractivity contribution in [3.05, 3.63) is 29.8 Å². The lowest BCUT2D eigenvalue weighted by molar-refractivity contribution is 0.200. The van der Waals surface area contributed by atoms with Gasteiger partial charge in [-0.15, -0.1) is 0 Å². The Morgan fingerprint density at radius 1 is 1.22 bits per heavy atom. The molecule has 1 unspecified atom stereocenters. The van der Waals surface area contributed by atoms with Crippen molar-refractivity contribution in [3.8, 4) is 5.75 Å². The Labute approximate surface area is 111 Å². The summed E-state index contributed by atoms with van der Waals surface area (Å²) in [6, 6.07) is 8.28. The van der Waals surface area contributed by atoms with Gasteiger partial charge in [-0.1, -0.05) is 45.4 Å². The molecule has 1 atom stereocenters. The van der Waals surface area contributed by atoms with Gasteiger partial charge in [0, 0.05) is 11.1 Å². The summed E-state index contributed by atoms with van der Waals surface area (Å²) in [4.78, 5) is 0. The third-order valence-electron chi connectivity index (χ3n) is 4.41. The summed E-state index contributed by atoms with van der Waals surface area (Å²) in [5.74, 6) is 0.969. The van der Waals surface area contributed by atoms with Crippen LogP contribution in [-0.2, 0) is 5.54 Å². The first-order chi connectivity index (χ1) is 8.51. The van der Waals surface area contributed by atoms with E-state index in [2.05, 4.69) is 32.9 Å². The van der Waals surface area contributed by atoms with Crippen LogP contribution in [0.1, 0.15) is 52.0 Å². The predicted octanol–water partition coefficient (Wildman–Crippen LogP) is 3.84. The van der Waals surface area contributed by atoms with Crippen LogP contribution in [0.2, 0.25) is 0 Å².